The summed E-state index contributed by atoms with van der Waals surface area (Å²) in [6.07, 6.45) is 0. The third-order valence-corrected chi connectivity index (χ3v) is 12.1. The number of aryl methyl sites for hydroxylation is 1. The lowest BCUT2D eigenvalue weighted by molar-refractivity contribution is -0.122. The molecule has 1 atom stereocenters. The fourth-order valence-electron chi connectivity index (χ4n) is 4.98. The molecule has 0 spiro atoms. The normalized spacial score (nSPS) is 18.6. The number of fused-ring (bicyclic) bond motifs is 1. The summed E-state index contributed by atoms with van der Waals surface area (Å²) < 4.78 is 57.2. The number of halogens is 2. The maximum Gasteiger partial charge on any atom is 0.270 e. The van der Waals surface area contributed by atoms with Gasteiger partial charge in [0.05, 0.1) is 26.6 Å². The zero-order valence-electron chi connectivity index (χ0n) is 22.1. The molecule has 0 fully saturated rings. The number of benzene rings is 4. The van der Waals surface area contributed by atoms with Crippen LogP contribution >= 0.6 is 34.2 Å². The first kappa shape index (κ1) is 29.5. The molecule has 1 aliphatic heterocycles. The molecule has 1 aliphatic rings. The molecule has 0 radical (unpaired) electrons. The Labute approximate surface area is 258 Å². The summed E-state index contributed by atoms with van der Waals surface area (Å²) in [5, 5.41) is 0.521. The lowest BCUT2D eigenvalue weighted by atomic mass is 9.75. The highest BCUT2D eigenvalue weighted by molar-refractivity contribution is 14.1. The first-order valence-electron chi connectivity index (χ1n) is 12.6. The van der Waals surface area contributed by atoms with Gasteiger partial charge in [0.15, 0.2) is 9.84 Å². The van der Waals surface area contributed by atoms with Gasteiger partial charge in [-0.3, -0.25) is 4.79 Å². The molecular weight excluding hydrogens is 693 g/mol. The number of nitrogens with zero attached hydrogens (tertiary/aromatic N) is 1. The van der Waals surface area contributed by atoms with Crippen LogP contribution in [0.5, 0.6) is 0 Å². The zero-order chi connectivity index (χ0) is 29.6. The van der Waals surface area contributed by atoms with Gasteiger partial charge in [0.2, 0.25) is 0 Å². The summed E-state index contributed by atoms with van der Waals surface area (Å²) in [6, 6.07) is 27.7. The Morgan fingerprint density at radius 3 is 2.02 bits per heavy atom. The largest absolute Gasteiger partial charge is 0.272 e. The van der Waals surface area contributed by atoms with Gasteiger partial charge in [0, 0.05) is 14.2 Å². The van der Waals surface area contributed by atoms with E-state index >= 15 is 0 Å². The second-order valence-electron chi connectivity index (χ2n) is 10.0. The number of para-hydroxylation sites is 1. The predicted octanol–water partition coefficient (Wildman–Crippen LogP) is 7.17. The SMILES string of the molecule is Cc1ccc(S(=O)(=O)CC2(C)C(=O)N(S(=O)(=O)c3ccccc3)c3ccccc3/C2=C(/I)c2ccc(Cl)cc2)cc1. The van der Waals surface area contributed by atoms with Crippen LogP contribution < -0.4 is 4.31 Å². The van der Waals surface area contributed by atoms with Crippen molar-refractivity contribution in [1.29, 1.82) is 0 Å². The lowest BCUT2D eigenvalue weighted by Gasteiger charge is -2.42. The molecular formula is C31H25ClINO5S2. The van der Waals surface area contributed by atoms with Gasteiger partial charge in [-0.15, -0.1) is 0 Å². The fourth-order valence-corrected chi connectivity index (χ4v) is 9.65. The number of hydrogen-bond acceptors (Lipinski definition) is 5. The van der Waals surface area contributed by atoms with E-state index in [-0.39, 0.29) is 15.5 Å². The molecule has 0 saturated heterocycles. The lowest BCUT2D eigenvalue weighted by Crippen LogP contribution is -2.52. The fraction of sp³-hybridized carbons (Fsp3) is 0.129. The zero-order valence-corrected chi connectivity index (χ0v) is 26.6. The van der Waals surface area contributed by atoms with Crippen molar-refractivity contribution in [2.75, 3.05) is 10.1 Å². The van der Waals surface area contributed by atoms with Gasteiger partial charge >= 0.3 is 0 Å². The molecule has 1 amide bonds. The molecule has 4 aromatic rings. The quantitative estimate of drug-likeness (QED) is 0.198. The Balaban J connectivity index is 1.81. The Kier molecular flexibility index (Phi) is 7.92. The van der Waals surface area contributed by atoms with Crippen LogP contribution in [-0.4, -0.2) is 28.5 Å². The van der Waals surface area contributed by atoms with E-state index in [0.29, 0.717) is 25.3 Å². The van der Waals surface area contributed by atoms with E-state index in [1.165, 1.54) is 31.2 Å². The summed E-state index contributed by atoms with van der Waals surface area (Å²) in [5.74, 6) is -1.50. The number of amides is 1. The van der Waals surface area contributed by atoms with Crippen LogP contribution in [0.1, 0.15) is 23.6 Å². The van der Waals surface area contributed by atoms with Crippen LogP contribution in [0.15, 0.2) is 113 Å². The number of anilines is 1. The second kappa shape index (κ2) is 11.0. The van der Waals surface area contributed by atoms with Gasteiger partial charge in [-0.1, -0.05) is 77.8 Å². The smallest absolute Gasteiger partial charge is 0.270 e. The highest BCUT2D eigenvalue weighted by atomic mass is 127. The number of sulfone groups is 1. The van der Waals surface area contributed by atoms with Gasteiger partial charge in [-0.25, -0.2) is 21.1 Å². The maximum absolute atomic E-state index is 14.6. The first-order chi connectivity index (χ1) is 19.4. The first-order valence-corrected chi connectivity index (χ1v) is 17.1. The minimum Gasteiger partial charge on any atom is -0.272 e. The summed E-state index contributed by atoms with van der Waals surface area (Å²) in [6.45, 7) is 3.36. The number of carbonyl (C=O) groups excluding carboxylic acids is 1. The number of sulfonamides is 1. The van der Waals surface area contributed by atoms with Crippen molar-refractivity contribution in [3.05, 3.63) is 125 Å². The maximum atomic E-state index is 14.6. The van der Waals surface area contributed by atoms with Crippen molar-refractivity contribution in [1.82, 2.24) is 0 Å². The summed E-state index contributed by atoms with van der Waals surface area (Å²) in [4.78, 5) is 14.6. The van der Waals surface area contributed by atoms with E-state index in [4.69, 9.17) is 11.6 Å². The standard InChI is InChI=1S/C31H25ClINO5S2/c1-21-12-18-24(19-13-21)40(36,37)20-31(2)28(29(33)22-14-16-23(32)17-15-22)26-10-6-7-11-27(26)34(30(31)35)41(38,39)25-8-4-3-5-9-25/h3-19H,20H2,1-2H3/b29-28-. The van der Waals surface area contributed by atoms with E-state index in [1.54, 1.807) is 78.9 Å². The van der Waals surface area contributed by atoms with Crippen LogP contribution in [0.2, 0.25) is 5.02 Å². The molecule has 210 valence electrons. The Morgan fingerprint density at radius 2 is 1.39 bits per heavy atom. The molecule has 0 aromatic heterocycles. The van der Waals surface area contributed by atoms with Gasteiger partial charge in [-0.2, -0.15) is 0 Å². The minimum atomic E-state index is -4.39. The van der Waals surface area contributed by atoms with Crippen LogP contribution in [0.4, 0.5) is 5.69 Å². The van der Waals surface area contributed by atoms with Crippen molar-refractivity contribution >= 4 is 74.8 Å². The summed E-state index contributed by atoms with van der Waals surface area (Å²) in [5.41, 5.74) is 0.853. The van der Waals surface area contributed by atoms with Crippen molar-refractivity contribution in [3.8, 4) is 0 Å². The molecule has 1 heterocycles. The molecule has 0 aliphatic carbocycles. The van der Waals surface area contributed by atoms with E-state index in [2.05, 4.69) is 22.6 Å². The Bertz CT molecular complexity index is 1890. The molecule has 0 saturated carbocycles. The third-order valence-electron chi connectivity index (χ3n) is 7.06. The highest BCUT2D eigenvalue weighted by Crippen LogP contribution is 2.53. The van der Waals surface area contributed by atoms with Crippen LogP contribution in [-0.2, 0) is 24.7 Å². The van der Waals surface area contributed by atoms with Gasteiger partial charge in [0.25, 0.3) is 15.9 Å². The number of hydrogen-bond donors (Lipinski definition) is 0. The number of rotatable bonds is 6. The van der Waals surface area contributed by atoms with Gasteiger partial charge in [-0.05, 0) is 90.0 Å². The molecule has 0 bridgehead atoms. The molecule has 5 rings (SSSR count). The van der Waals surface area contributed by atoms with E-state index in [1.807, 2.05) is 6.92 Å². The molecule has 6 nitrogen and oxygen atoms in total. The van der Waals surface area contributed by atoms with Gasteiger partial charge in [0.1, 0.15) is 0 Å². The van der Waals surface area contributed by atoms with E-state index in [0.717, 1.165) is 9.87 Å². The van der Waals surface area contributed by atoms with E-state index in [9.17, 15) is 21.6 Å². The summed E-state index contributed by atoms with van der Waals surface area (Å²) >= 11 is 8.23. The van der Waals surface area contributed by atoms with Crippen molar-refractivity contribution in [2.24, 2.45) is 5.41 Å². The molecule has 41 heavy (non-hydrogen) atoms. The Morgan fingerprint density at radius 1 is 0.805 bits per heavy atom. The highest BCUT2D eigenvalue weighted by Gasteiger charge is 2.53. The topological polar surface area (TPSA) is 88.6 Å². The monoisotopic (exact) mass is 717 g/mol. The van der Waals surface area contributed by atoms with Crippen LogP contribution in [0.25, 0.3) is 9.15 Å². The Hall–Kier alpha value is -2.99. The van der Waals surface area contributed by atoms with Crippen molar-refractivity contribution < 1.29 is 21.6 Å². The average Bonchev–Trinajstić information content (AvgIpc) is 2.94. The third kappa shape index (κ3) is 5.36. The molecule has 10 heteroatoms. The predicted molar refractivity (Wildman–Crippen MR) is 171 cm³/mol. The molecule has 4 aromatic carbocycles. The van der Waals surface area contributed by atoms with Crippen LogP contribution in [0.3, 0.4) is 0 Å². The molecule has 0 N–H and O–H groups in total. The number of carbonyl (C=O) groups is 1. The van der Waals surface area contributed by atoms with E-state index < -0.39 is 36.9 Å². The van der Waals surface area contributed by atoms with Crippen LogP contribution in [0, 0.1) is 12.3 Å². The second-order valence-corrected chi connectivity index (χ2v) is 15.3. The minimum absolute atomic E-state index is 0.0503. The molecule has 1 unspecified atom stereocenters. The van der Waals surface area contributed by atoms with Crippen molar-refractivity contribution in [2.45, 2.75) is 23.6 Å². The van der Waals surface area contributed by atoms with Crippen molar-refractivity contribution in [3.63, 3.8) is 0 Å². The summed E-state index contributed by atoms with van der Waals surface area (Å²) in [7, 11) is -8.45. The van der Waals surface area contributed by atoms with Gasteiger partial charge < -0.3 is 0 Å². The average molecular weight is 718 g/mol.